The minimum absolute atomic E-state index is 0.0215. The van der Waals surface area contributed by atoms with Gasteiger partial charge in [0.05, 0.1) is 11.4 Å². The van der Waals surface area contributed by atoms with E-state index in [1.807, 2.05) is 13.8 Å². The van der Waals surface area contributed by atoms with Crippen molar-refractivity contribution in [2.45, 2.75) is 18.7 Å². The summed E-state index contributed by atoms with van der Waals surface area (Å²) < 4.78 is 45.1. The highest BCUT2D eigenvalue weighted by Gasteiger charge is 2.13. The molecule has 0 amide bonds. The Kier molecular flexibility index (Phi) is 5.96. The summed E-state index contributed by atoms with van der Waals surface area (Å²) in [6.45, 7) is 3.70. The highest BCUT2D eigenvalue weighted by Crippen LogP contribution is 2.15. The first-order valence-corrected chi connectivity index (χ1v) is 8.78. The summed E-state index contributed by atoms with van der Waals surface area (Å²) in [6, 6.07) is 10.9. The molecule has 0 aliphatic carbocycles. The van der Waals surface area contributed by atoms with Crippen molar-refractivity contribution in [3.8, 4) is 17.6 Å². The summed E-state index contributed by atoms with van der Waals surface area (Å²) in [7, 11) is -3.60. The molecule has 0 aliphatic rings. The van der Waals surface area contributed by atoms with E-state index in [9.17, 15) is 12.8 Å². The number of hydrogen-bond acceptors (Lipinski definition) is 3. The normalized spacial score (nSPS) is 10.8. The Labute approximate surface area is 141 Å². The first-order valence-electron chi connectivity index (χ1n) is 7.30. The summed E-state index contributed by atoms with van der Waals surface area (Å²) >= 11 is 0. The van der Waals surface area contributed by atoms with Crippen LogP contribution in [-0.2, 0) is 10.0 Å². The van der Waals surface area contributed by atoms with Crippen LogP contribution < -0.4 is 9.46 Å². The van der Waals surface area contributed by atoms with Crippen LogP contribution in [0.4, 0.5) is 4.39 Å². The van der Waals surface area contributed by atoms with Gasteiger partial charge in [0.15, 0.2) is 11.6 Å². The Hall–Kier alpha value is -2.36. The van der Waals surface area contributed by atoms with E-state index in [2.05, 4.69) is 16.6 Å². The van der Waals surface area contributed by atoms with Crippen molar-refractivity contribution in [3.63, 3.8) is 0 Å². The fourth-order valence-corrected chi connectivity index (χ4v) is 2.89. The lowest BCUT2D eigenvalue weighted by atomic mass is 10.1. The average molecular weight is 347 g/mol. The maximum Gasteiger partial charge on any atom is 0.241 e. The minimum atomic E-state index is -3.60. The molecule has 126 valence electrons. The van der Waals surface area contributed by atoms with Crippen LogP contribution >= 0.6 is 0 Å². The third-order valence-electron chi connectivity index (χ3n) is 3.40. The largest absolute Gasteiger partial charge is 0.478 e. The Balaban J connectivity index is 1.87. The molecule has 2 aromatic carbocycles. The Morgan fingerprint density at radius 1 is 1.08 bits per heavy atom. The molecule has 2 aromatic rings. The monoisotopic (exact) mass is 347 g/mol. The van der Waals surface area contributed by atoms with E-state index in [0.717, 1.165) is 11.1 Å². The second-order valence-corrected chi connectivity index (χ2v) is 6.91. The minimum Gasteiger partial charge on any atom is -0.478 e. The molecule has 24 heavy (non-hydrogen) atoms. The van der Waals surface area contributed by atoms with Crippen molar-refractivity contribution >= 4 is 10.0 Å². The predicted molar refractivity (Wildman–Crippen MR) is 90.8 cm³/mol. The quantitative estimate of drug-likeness (QED) is 0.846. The fraction of sp³-hybridized carbons (Fsp3) is 0.222. The predicted octanol–water partition coefficient (Wildman–Crippen LogP) is 2.80. The van der Waals surface area contributed by atoms with E-state index < -0.39 is 15.8 Å². The van der Waals surface area contributed by atoms with Gasteiger partial charge in [-0.15, -0.1) is 0 Å². The molecule has 0 radical (unpaired) electrons. The molecule has 0 aliphatic heterocycles. The highest BCUT2D eigenvalue weighted by atomic mass is 32.2. The first-order chi connectivity index (χ1) is 11.4. The van der Waals surface area contributed by atoms with E-state index in [0.29, 0.717) is 0 Å². The van der Waals surface area contributed by atoms with Gasteiger partial charge < -0.3 is 4.74 Å². The van der Waals surface area contributed by atoms with Crippen LogP contribution in [-0.4, -0.2) is 21.6 Å². The number of ether oxygens (including phenoxy) is 1. The number of para-hydroxylation sites is 1. The van der Waals surface area contributed by atoms with E-state index in [-0.39, 0.29) is 23.8 Å². The summed E-state index contributed by atoms with van der Waals surface area (Å²) in [6.07, 6.45) is 0. The smallest absolute Gasteiger partial charge is 0.241 e. The Bertz CT molecular complexity index is 883. The molecule has 0 saturated carbocycles. The standard InChI is InChI=1S/C18H18FNO3S/c1-14-9-10-16(13-15(14)2)24(21,22)20-11-5-6-12-23-18-8-4-3-7-17(18)19/h3-4,7-10,13,20H,11-12H2,1-2H3. The van der Waals surface area contributed by atoms with Gasteiger partial charge in [-0.05, 0) is 49.2 Å². The van der Waals surface area contributed by atoms with Gasteiger partial charge in [0, 0.05) is 0 Å². The van der Waals surface area contributed by atoms with Crippen molar-refractivity contribution in [3.05, 3.63) is 59.4 Å². The number of rotatable bonds is 5. The SMILES string of the molecule is Cc1ccc(S(=O)(=O)NCC#CCOc2ccccc2F)cc1C. The van der Waals surface area contributed by atoms with E-state index >= 15 is 0 Å². The lowest BCUT2D eigenvalue weighted by molar-refractivity contribution is 0.348. The van der Waals surface area contributed by atoms with Crippen LogP contribution in [0.2, 0.25) is 0 Å². The van der Waals surface area contributed by atoms with Gasteiger partial charge in [-0.1, -0.05) is 30.0 Å². The van der Waals surface area contributed by atoms with Gasteiger partial charge in [0.25, 0.3) is 0 Å². The number of hydrogen-bond donors (Lipinski definition) is 1. The Morgan fingerprint density at radius 2 is 1.83 bits per heavy atom. The van der Waals surface area contributed by atoms with Crippen molar-refractivity contribution < 1.29 is 17.5 Å². The second-order valence-electron chi connectivity index (χ2n) is 5.14. The van der Waals surface area contributed by atoms with Gasteiger partial charge in [0.1, 0.15) is 6.61 Å². The lowest BCUT2D eigenvalue weighted by Crippen LogP contribution is -2.24. The van der Waals surface area contributed by atoms with Crippen molar-refractivity contribution in [1.29, 1.82) is 0 Å². The fourth-order valence-electron chi connectivity index (χ4n) is 1.88. The highest BCUT2D eigenvalue weighted by molar-refractivity contribution is 7.89. The third kappa shape index (κ3) is 4.82. The molecule has 2 rings (SSSR count). The van der Waals surface area contributed by atoms with E-state index in [1.165, 1.54) is 12.1 Å². The molecule has 0 unspecified atom stereocenters. The van der Waals surface area contributed by atoms with Gasteiger partial charge in [-0.25, -0.2) is 12.8 Å². The maximum absolute atomic E-state index is 13.3. The zero-order valence-corrected chi connectivity index (χ0v) is 14.3. The van der Waals surface area contributed by atoms with Crippen molar-refractivity contribution in [2.24, 2.45) is 0 Å². The van der Waals surface area contributed by atoms with Crippen molar-refractivity contribution in [1.82, 2.24) is 4.72 Å². The molecule has 0 aromatic heterocycles. The van der Waals surface area contributed by atoms with Crippen LogP contribution in [0, 0.1) is 31.5 Å². The molecule has 0 heterocycles. The lowest BCUT2D eigenvalue weighted by Gasteiger charge is -2.06. The van der Waals surface area contributed by atoms with Crippen molar-refractivity contribution in [2.75, 3.05) is 13.2 Å². The molecule has 0 bridgehead atoms. The van der Waals surface area contributed by atoms with Gasteiger partial charge in [0.2, 0.25) is 10.0 Å². The molecule has 6 heteroatoms. The number of halogens is 1. The van der Waals surface area contributed by atoms with E-state index in [4.69, 9.17) is 4.74 Å². The zero-order valence-electron chi connectivity index (χ0n) is 13.5. The topological polar surface area (TPSA) is 55.4 Å². The molecule has 1 N–H and O–H groups in total. The molecular formula is C18H18FNO3S. The molecule has 0 atom stereocenters. The molecule has 0 fully saturated rings. The first kappa shape index (κ1) is 18.0. The molecular weight excluding hydrogens is 329 g/mol. The van der Waals surface area contributed by atoms with Crippen LogP contribution in [0.1, 0.15) is 11.1 Å². The molecule has 0 saturated heterocycles. The summed E-state index contributed by atoms with van der Waals surface area (Å²) in [5.74, 6) is 4.93. The van der Waals surface area contributed by atoms with Gasteiger partial charge in [-0.3, -0.25) is 0 Å². The van der Waals surface area contributed by atoms with Crippen LogP contribution in [0.3, 0.4) is 0 Å². The molecule has 0 spiro atoms. The van der Waals surface area contributed by atoms with Crippen LogP contribution in [0.25, 0.3) is 0 Å². The summed E-state index contributed by atoms with van der Waals surface area (Å²) in [5.41, 5.74) is 1.93. The van der Waals surface area contributed by atoms with Crippen LogP contribution in [0.15, 0.2) is 47.4 Å². The summed E-state index contributed by atoms with van der Waals surface area (Å²) in [5, 5.41) is 0. The average Bonchev–Trinajstić information content (AvgIpc) is 2.54. The Morgan fingerprint density at radius 3 is 2.54 bits per heavy atom. The number of aryl methyl sites for hydroxylation is 2. The number of benzene rings is 2. The third-order valence-corrected chi connectivity index (χ3v) is 4.80. The van der Waals surface area contributed by atoms with Gasteiger partial charge in [-0.2, -0.15) is 4.72 Å². The molecule has 4 nitrogen and oxygen atoms in total. The van der Waals surface area contributed by atoms with E-state index in [1.54, 1.807) is 30.3 Å². The zero-order chi connectivity index (χ0) is 17.6. The van der Waals surface area contributed by atoms with Crippen LogP contribution in [0.5, 0.6) is 5.75 Å². The second kappa shape index (κ2) is 7.95. The number of sulfonamides is 1. The summed E-state index contributed by atoms with van der Waals surface area (Å²) in [4.78, 5) is 0.204. The number of nitrogens with one attached hydrogen (secondary N) is 1. The maximum atomic E-state index is 13.3. The van der Waals surface area contributed by atoms with Gasteiger partial charge >= 0.3 is 0 Å².